The molecule has 0 saturated heterocycles. The summed E-state index contributed by atoms with van der Waals surface area (Å²) < 4.78 is 5.52. The van der Waals surface area contributed by atoms with Gasteiger partial charge in [0.25, 0.3) is 0 Å². The second kappa shape index (κ2) is 8.12. The predicted molar refractivity (Wildman–Crippen MR) is 87.0 cm³/mol. The first-order valence-electron chi connectivity index (χ1n) is 7.10. The van der Waals surface area contributed by atoms with Crippen LogP contribution in [0.1, 0.15) is 16.1 Å². The highest BCUT2D eigenvalue weighted by Crippen LogP contribution is 2.12. The first-order valence-corrected chi connectivity index (χ1v) is 7.98. The molecule has 1 heterocycles. The summed E-state index contributed by atoms with van der Waals surface area (Å²) in [6.07, 6.45) is 0.350. The number of aryl methyl sites for hydroxylation is 2. The minimum absolute atomic E-state index is 0.344. The lowest BCUT2D eigenvalue weighted by Crippen LogP contribution is -2.25. The van der Waals surface area contributed by atoms with Crippen molar-refractivity contribution in [3.05, 3.63) is 45.9 Å². The Morgan fingerprint density at radius 3 is 2.71 bits per heavy atom. The molecule has 0 amide bonds. The standard InChI is InChI=1S/C16H22N2O2S/c1-12-3-5-14(6-4-12)17-9-15(19)10-20-8-7-16-13(2)18-11-21-16/h3-6,11,15,17,19H,7-10H2,1-2H3. The van der Waals surface area contributed by atoms with Gasteiger partial charge < -0.3 is 15.2 Å². The molecule has 2 aromatic rings. The van der Waals surface area contributed by atoms with Crippen molar-refractivity contribution in [2.45, 2.75) is 26.4 Å². The molecule has 0 bridgehead atoms. The van der Waals surface area contributed by atoms with E-state index in [0.29, 0.717) is 19.8 Å². The summed E-state index contributed by atoms with van der Waals surface area (Å²) in [5.41, 5.74) is 5.17. The van der Waals surface area contributed by atoms with E-state index in [4.69, 9.17) is 4.74 Å². The molecule has 0 saturated carbocycles. The Hall–Kier alpha value is -1.43. The highest BCUT2D eigenvalue weighted by atomic mass is 32.1. The molecule has 1 aromatic heterocycles. The van der Waals surface area contributed by atoms with E-state index in [1.165, 1.54) is 10.4 Å². The third-order valence-electron chi connectivity index (χ3n) is 3.22. The van der Waals surface area contributed by atoms with Crippen LogP contribution in [0.2, 0.25) is 0 Å². The van der Waals surface area contributed by atoms with Crippen LogP contribution in [-0.2, 0) is 11.2 Å². The maximum atomic E-state index is 9.88. The van der Waals surface area contributed by atoms with Crippen molar-refractivity contribution in [1.29, 1.82) is 0 Å². The van der Waals surface area contributed by atoms with Crippen molar-refractivity contribution in [3.63, 3.8) is 0 Å². The van der Waals surface area contributed by atoms with Gasteiger partial charge in [-0.05, 0) is 26.0 Å². The number of nitrogens with one attached hydrogen (secondary N) is 1. The maximum absolute atomic E-state index is 9.88. The SMILES string of the molecule is Cc1ccc(NCC(O)COCCc2scnc2C)cc1. The van der Waals surface area contributed by atoms with Gasteiger partial charge in [0.2, 0.25) is 0 Å². The van der Waals surface area contributed by atoms with Gasteiger partial charge in [0.15, 0.2) is 0 Å². The Bertz CT molecular complexity index is 539. The number of aliphatic hydroxyl groups excluding tert-OH is 1. The zero-order chi connectivity index (χ0) is 15.1. The van der Waals surface area contributed by atoms with E-state index >= 15 is 0 Å². The number of ether oxygens (including phenoxy) is 1. The Morgan fingerprint density at radius 1 is 1.29 bits per heavy atom. The van der Waals surface area contributed by atoms with Crippen molar-refractivity contribution in [3.8, 4) is 0 Å². The fraction of sp³-hybridized carbons (Fsp3) is 0.438. The fourth-order valence-corrected chi connectivity index (χ4v) is 2.68. The van der Waals surface area contributed by atoms with Crippen LogP contribution in [-0.4, -0.2) is 36.0 Å². The number of aliphatic hydroxyl groups is 1. The largest absolute Gasteiger partial charge is 0.389 e. The number of thiazole rings is 1. The van der Waals surface area contributed by atoms with E-state index in [1.807, 2.05) is 36.7 Å². The van der Waals surface area contributed by atoms with Gasteiger partial charge in [-0.25, -0.2) is 4.98 Å². The van der Waals surface area contributed by atoms with Gasteiger partial charge in [0.1, 0.15) is 0 Å². The van der Waals surface area contributed by atoms with E-state index < -0.39 is 6.10 Å². The first-order chi connectivity index (χ1) is 10.1. The molecule has 0 spiro atoms. The van der Waals surface area contributed by atoms with Crippen LogP contribution >= 0.6 is 11.3 Å². The summed E-state index contributed by atoms with van der Waals surface area (Å²) in [6, 6.07) is 8.11. The number of anilines is 1. The molecule has 1 atom stereocenters. The van der Waals surface area contributed by atoms with E-state index in [2.05, 4.69) is 17.2 Å². The lowest BCUT2D eigenvalue weighted by molar-refractivity contribution is 0.0449. The van der Waals surface area contributed by atoms with Crippen molar-refractivity contribution in [1.82, 2.24) is 4.98 Å². The van der Waals surface area contributed by atoms with Crippen molar-refractivity contribution >= 4 is 17.0 Å². The van der Waals surface area contributed by atoms with Crippen LogP contribution in [0.4, 0.5) is 5.69 Å². The lowest BCUT2D eigenvalue weighted by Gasteiger charge is -2.13. The van der Waals surface area contributed by atoms with Gasteiger partial charge >= 0.3 is 0 Å². The number of rotatable bonds is 8. The number of hydrogen-bond acceptors (Lipinski definition) is 5. The van der Waals surface area contributed by atoms with E-state index in [-0.39, 0.29) is 0 Å². The summed E-state index contributed by atoms with van der Waals surface area (Å²) in [6.45, 7) is 5.51. The van der Waals surface area contributed by atoms with Gasteiger partial charge in [0, 0.05) is 23.5 Å². The monoisotopic (exact) mass is 306 g/mol. The van der Waals surface area contributed by atoms with Crippen LogP contribution < -0.4 is 5.32 Å². The second-order valence-electron chi connectivity index (χ2n) is 5.09. The average Bonchev–Trinajstić information content (AvgIpc) is 2.88. The molecule has 2 N–H and O–H groups in total. The number of aromatic nitrogens is 1. The lowest BCUT2D eigenvalue weighted by atomic mass is 10.2. The topological polar surface area (TPSA) is 54.4 Å². The molecular formula is C16H22N2O2S. The van der Waals surface area contributed by atoms with Gasteiger partial charge in [-0.1, -0.05) is 17.7 Å². The normalized spacial score (nSPS) is 12.3. The third kappa shape index (κ3) is 5.46. The molecule has 0 aliphatic rings. The molecule has 0 fully saturated rings. The fourth-order valence-electron chi connectivity index (χ4n) is 1.92. The van der Waals surface area contributed by atoms with Gasteiger partial charge in [-0.15, -0.1) is 11.3 Å². The van der Waals surface area contributed by atoms with E-state index in [0.717, 1.165) is 17.8 Å². The molecule has 4 nitrogen and oxygen atoms in total. The summed E-state index contributed by atoms with van der Waals surface area (Å²) >= 11 is 1.65. The van der Waals surface area contributed by atoms with E-state index in [9.17, 15) is 5.11 Å². The molecule has 0 aliphatic heterocycles. The molecule has 5 heteroatoms. The van der Waals surface area contributed by atoms with E-state index in [1.54, 1.807) is 11.3 Å². The smallest absolute Gasteiger partial charge is 0.0945 e. The highest BCUT2D eigenvalue weighted by molar-refractivity contribution is 7.09. The molecule has 0 aliphatic carbocycles. The highest BCUT2D eigenvalue weighted by Gasteiger charge is 2.05. The third-order valence-corrected chi connectivity index (χ3v) is 4.22. The molecular weight excluding hydrogens is 284 g/mol. The molecule has 2 rings (SSSR count). The Morgan fingerprint density at radius 2 is 2.05 bits per heavy atom. The average molecular weight is 306 g/mol. The van der Waals surface area contributed by atoms with Crippen LogP contribution in [0.25, 0.3) is 0 Å². The predicted octanol–water partition coefficient (Wildman–Crippen LogP) is 2.79. The van der Waals surface area contributed by atoms with Crippen LogP contribution in [0.3, 0.4) is 0 Å². The molecule has 0 radical (unpaired) electrons. The Balaban J connectivity index is 1.60. The summed E-state index contributed by atoms with van der Waals surface area (Å²) in [7, 11) is 0. The van der Waals surface area contributed by atoms with Crippen molar-refractivity contribution < 1.29 is 9.84 Å². The first kappa shape index (κ1) is 15.9. The van der Waals surface area contributed by atoms with Crippen molar-refractivity contribution in [2.24, 2.45) is 0 Å². The zero-order valence-electron chi connectivity index (χ0n) is 12.5. The minimum Gasteiger partial charge on any atom is -0.389 e. The molecule has 114 valence electrons. The summed E-state index contributed by atoms with van der Waals surface area (Å²) in [5.74, 6) is 0. The van der Waals surface area contributed by atoms with Crippen LogP contribution in [0.15, 0.2) is 29.8 Å². The van der Waals surface area contributed by atoms with Crippen LogP contribution in [0.5, 0.6) is 0 Å². The second-order valence-corrected chi connectivity index (χ2v) is 6.03. The number of benzene rings is 1. The summed E-state index contributed by atoms with van der Waals surface area (Å²) in [5, 5.41) is 13.1. The Labute approximate surface area is 129 Å². The van der Waals surface area contributed by atoms with Gasteiger partial charge in [-0.2, -0.15) is 0 Å². The zero-order valence-corrected chi connectivity index (χ0v) is 13.3. The van der Waals surface area contributed by atoms with Gasteiger partial charge in [0.05, 0.1) is 30.5 Å². The van der Waals surface area contributed by atoms with Crippen molar-refractivity contribution in [2.75, 3.05) is 25.1 Å². The number of hydrogen-bond donors (Lipinski definition) is 2. The Kier molecular flexibility index (Phi) is 6.17. The molecule has 1 aromatic carbocycles. The number of nitrogens with zero attached hydrogens (tertiary/aromatic N) is 1. The summed E-state index contributed by atoms with van der Waals surface area (Å²) in [4.78, 5) is 5.46. The maximum Gasteiger partial charge on any atom is 0.0945 e. The van der Waals surface area contributed by atoms with Gasteiger partial charge in [-0.3, -0.25) is 0 Å². The molecule has 21 heavy (non-hydrogen) atoms. The minimum atomic E-state index is -0.506. The van der Waals surface area contributed by atoms with Crippen LogP contribution in [0, 0.1) is 13.8 Å². The quantitative estimate of drug-likeness (QED) is 0.736. The molecule has 1 unspecified atom stereocenters.